The van der Waals surface area contributed by atoms with Gasteiger partial charge in [0.1, 0.15) is 0 Å². The molecule has 20 heavy (non-hydrogen) atoms. The van der Waals surface area contributed by atoms with Crippen LogP contribution in [0.15, 0.2) is 0 Å². The summed E-state index contributed by atoms with van der Waals surface area (Å²) in [6, 6.07) is 0. The molecule has 2 amide bonds. The van der Waals surface area contributed by atoms with Crippen molar-refractivity contribution in [3.8, 4) is 0 Å². The van der Waals surface area contributed by atoms with Crippen molar-refractivity contribution < 1.29 is 9.59 Å². The molecule has 2 aliphatic heterocycles. The van der Waals surface area contributed by atoms with Crippen molar-refractivity contribution >= 4 is 11.8 Å². The summed E-state index contributed by atoms with van der Waals surface area (Å²) in [6.07, 6.45) is 1.42. The van der Waals surface area contributed by atoms with Gasteiger partial charge in [0.25, 0.3) is 0 Å². The molecule has 0 aliphatic carbocycles. The molecule has 2 heterocycles. The second-order valence-corrected chi connectivity index (χ2v) is 6.55. The minimum atomic E-state index is -0.113. The Morgan fingerprint density at radius 1 is 1.25 bits per heavy atom. The molecule has 0 aromatic heterocycles. The van der Waals surface area contributed by atoms with Crippen molar-refractivity contribution in [2.45, 2.75) is 26.7 Å². The smallest absolute Gasteiger partial charge is 0.228 e. The third kappa shape index (κ3) is 3.72. The molecule has 0 N–H and O–H groups in total. The zero-order chi connectivity index (χ0) is 14.7. The van der Waals surface area contributed by atoms with Crippen LogP contribution < -0.4 is 0 Å². The zero-order valence-corrected chi connectivity index (χ0v) is 13.0. The molecule has 0 bridgehead atoms. The molecule has 2 fully saturated rings. The Bertz CT molecular complexity index is 362. The molecule has 0 aromatic rings. The van der Waals surface area contributed by atoms with Gasteiger partial charge in [0.15, 0.2) is 0 Å². The maximum absolute atomic E-state index is 12.5. The monoisotopic (exact) mass is 281 g/mol. The average molecular weight is 281 g/mol. The second kappa shape index (κ2) is 6.57. The largest absolute Gasteiger partial charge is 0.342 e. The molecule has 5 heteroatoms. The fourth-order valence-corrected chi connectivity index (χ4v) is 2.85. The Hall–Kier alpha value is -1.10. The molecule has 2 saturated heterocycles. The molecule has 5 nitrogen and oxygen atoms in total. The molecule has 0 spiro atoms. The van der Waals surface area contributed by atoms with Gasteiger partial charge in [-0.1, -0.05) is 13.8 Å². The van der Waals surface area contributed by atoms with Crippen LogP contribution in [0.4, 0.5) is 0 Å². The van der Waals surface area contributed by atoms with E-state index in [1.165, 1.54) is 0 Å². The van der Waals surface area contributed by atoms with E-state index in [9.17, 15) is 9.59 Å². The first-order chi connectivity index (χ1) is 9.47. The van der Waals surface area contributed by atoms with E-state index in [0.717, 1.165) is 39.1 Å². The van der Waals surface area contributed by atoms with E-state index < -0.39 is 0 Å². The van der Waals surface area contributed by atoms with Crippen LogP contribution in [0.1, 0.15) is 26.7 Å². The fourth-order valence-electron chi connectivity index (χ4n) is 2.85. The van der Waals surface area contributed by atoms with Gasteiger partial charge in [0.05, 0.1) is 5.92 Å². The van der Waals surface area contributed by atoms with Crippen LogP contribution in [0.5, 0.6) is 0 Å². The summed E-state index contributed by atoms with van der Waals surface area (Å²) in [4.78, 5) is 30.5. The highest BCUT2D eigenvalue weighted by Crippen LogP contribution is 2.21. The lowest BCUT2D eigenvalue weighted by Crippen LogP contribution is -2.49. The Balaban J connectivity index is 1.84. The van der Waals surface area contributed by atoms with Crippen molar-refractivity contribution in [3.63, 3.8) is 0 Å². The fraction of sp³-hybridized carbons (Fsp3) is 0.867. The van der Waals surface area contributed by atoms with Gasteiger partial charge in [0.2, 0.25) is 11.8 Å². The number of amides is 2. The SMILES string of the molecule is CC(C)CCN1CC(C(=O)N2CCN(C)CC2)CC1=O. The number of hydrogen-bond acceptors (Lipinski definition) is 3. The van der Waals surface area contributed by atoms with E-state index in [1.54, 1.807) is 0 Å². The van der Waals surface area contributed by atoms with E-state index in [-0.39, 0.29) is 17.7 Å². The van der Waals surface area contributed by atoms with Crippen LogP contribution >= 0.6 is 0 Å². The molecule has 0 aromatic carbocycles. The molecule has 2 rings (SSSR count). The van der Waals surface area contributed by atoms with Gasteiger partial charge in [-0.25, -0.2) is 0 Å². The summed E-state index contributed by atoms with van der Waals surface area (Å²) in [5.74, 6) is 0.810. The van der Waals surface area contributed by atoms with Crippen LogP contribution in [0.2, 0.25) is 0 Å². The van der Waals surface area contributed by atoms with Crippen molar-refractivity contribution in [1.82, 2.24) is 14.7 Å². The van der Waals surface area contributed by atoms with E-state index in [2.05, 4.69) is 25.8 Å². The standard InChI is InChI=1S/C15H27N3O2/c1-12(2)4-5-18-11-13(10-14(18)19)15(20)17-8-6-16(3)7-9-17/h12-13H,4-11H2,1-3H3. The maximum atomic E-state index is 12.5. The summed E-state index contributed by atoms with van der Waals surface area (Å²) in [5, 5.41) is 0. The lowest BCUT2D eigenvalue weighted by atomic mass is 10.1. The highest BCUT2D eigenvalue weighted by atomic mass is 16.2. The lowest BCUT2D eigenvalue weighted by Gasteiger charge is -2.33. The average Bonchev–Trinajstić information content (AvgIpc) is 2.78. The van der Waals surface area contributed by atoms with Gasteiger partial charge in [-0.3, -0.25) is 9.59 Å². The first-order valence-electron chi connectivity index (χ1n) is 7.72. The van der Waals surface area contributed by atoms with Crippen LogP contribution in [-0.4, -0.2) is 72.8 Å². The highest BCUT2D eigenvalue weighted by molar-refractivity contribution is 5.89. The number of piperazine rings is 1. The highest BCUT2D eigenvalue weighted by Gasteiger charge is 2.36. The van der Waals surface area contributed by atoms with Crippen molar-refractivity contribution in [2.24, 2.45) is 11.8 Å². The molecule has 0 radical (unpaired) electrons. The summed E-state index contributed by atoms with van der Waals surface area (Å²) in [5.41, 5.74) is 0. The van der Waals surface area contributed by atoms with E-state index in [4.69, 9.17) is 0 Å². The quantitative estimate of drug-likeness (QED) is 0.760. The van der Waals surface area contributed by atoms with Crippen LogP contribution in [-0.2, 0) is 9.59 Å². The van der Waals surface area contributed by atoms with Crippen molar-refractivity contribution in [1.29, 1.82) is 0 Å². The first-order valence-corrected chi connectivity index (χ1v) is 7.72. The molecule has 2 aliphatic rings. The Kier molecular flexibility index (Phi) is 5.02. The topological polar surface area (TPSA) is 43.9 Å². The van der Waals surface area contributed by atoms with E-state index >= 15 is 0 Å². The minimum Gasteiger partial charge on any atom is -0.342 e. The van der Waals surface area contributed by atoms with Crippen LogP contribution in [0.3, 0.4) is 0 Å². The predicted octanol–water partition coefficient (Wildman–Crippen LogP) is 0.655. The summed E-state index contributed by atoms with van der Waals surface area (Å²) in [7, 11) is 2.08. The van der Waals surface area contributed by atoms with Gasteiger partial charge < -0.3 is 14.7 Å². The third-order valence-corrected chi connectivity index (χ3v) is 4.36. The number of carbonyl (C=O) groups excluding carboxylic acids is 2. The third-order valence-electron chi connectivity index (χ3n) is 4.36. The molecular formula is C15H27N3O2. The molecule has 114 valence electrons. The van der Waals surface area contributed by atoms with Gasteiger partial charge in [-0.2, -0.15) is 0 Å². The van der Waals surface area contributed by atoms with Crippen molar-refractivity contribution in [2.75, 3.05) is 46.3 Å². The number of nitrogens with zero attached hydrogens (tertiary/aromatic N) is 3. The Morgan fingerprint density at radius 2 is 1.90 bits per heavy atom. The minimum absolute atomic E-state index is 0.113. The van der Waals surface area contributed by atoms with Gasteiger partial charge in [-0.15, -0.1) is 0 Å². The number of likely N-dealkylation sites (N-methyl/N-ethyl adjacent to an activating group) is 1. The summed E-state index contributed by atoms with van der Waals surface area (Å²) < 4.78 is 0. The first kappa shape index (κ1) is 15.3. The molecule has 1 unspecified atom stereocenters. The molecule has 1 atom stereocenters. The van der Waals surface area contributed by atoms with Crippen LogP contribution in [0, 0.1) is 11.8 Å². The van der Waals surface area contributed by atoms with Gasteiger partial charge in [0, 0.05) is 45.7 Å². The predicted molar refractivity (Wildman–Crippen MR) is 78.2 cm³/mol. The number of likely N-dealkylation sites (tertiary alicyclic amines) is 1. The summed E-state index contributed by atoms with van der Waals surface area (Å²) >= 11 is 0. The van der Waals surface area contributed by atoms with E-state index in [1.807, 2.05) is 9.80 Å². The summed E-state index contributed by atoms with van der Waals surface area (Å²) in [6.45, 7) is 9.20. The maximum Gasteiger partial charge on any atom is 0.228 e. The number of carbonyl (C=O) groups is 2. The van der Waals surface area contributed by atoms with E-state index in [0.29, 0.717) is 18.9 Å². The van der Waals surface area contributed by atoms with Gasteiger partial charge in [-0.05, 0) is 19.4 Å². The Labute approximate surface area is 121 Å². The van der Waals surface area contributed by atoms with Crippen molar-refractivity contribution in [3.05, 3.63) is 0 Å². The van der Waals surface area contributed by atoms with Crippen LogP contribution in [0.25, 0.3) is 0 Å². The molecular weight excluding hydrogens is 254 g/mol. The zero-order valence-electron chi connectivity index (χ0n) is 13.0. The number of rotatable bonds is 4. The van der Waals surface area contributed by atoms with Gasteiger partial charge >= 0.3 is 0 Å². The lowest BCUT2D eigenvalue weighted by molar-refractivity contribution is -0.137. The molecule has 0 saturated carbocycles. The normalized spacial score (nSPS) is 24.8. The second-order valence-electron chi connectivity index (χ2n) is 6.55. The number of hydrogen-bond donors (Lipinski definition) is 0. The Morgan fingerprint density at radius 3 is 2.50 bits per heavy atom.